The Labute approximate surface area is 145 Å². The average molecular weight is 343 g/mol. The normalized spacial score (nSPS) is 12.3. The smallest absolute Gasteiger partial charge is 0.330 e. The number of halogens is 1. The lowest BCUT2D eigenvalue weighted by molar-refractivity contribution is 0.242. The van der Waals surface area contributed by atoms with E-state index in [2.05, 4.69) is 29.6 Å². The second kappa shape index (κ2) is 6.93. The van der Waals surface area contributed by atoms with Gasteiger partial charge in [0, 0.05) is 5.02 Å². The van der Waals surface area contributed by atoms with Crippen LogP contribution in [0, 0.1) is 5.92 Å². The summed E-state index contributed by atoms with van der Waals surface area (Å²) in [4.78, 5) is 16.7. The first-order chi connectivity index (χ1) is 11.5. The van der Waals surface area contributed by atoms with Crippen LogP contribution in [0.5, 0.6) is 0 Å². The van der Waals surface area contributed by atoms with Crippen molar-refractivity contribution in [2.45, 2.75) is 19.9 Å². The Morgan fingerprint density at radius 2 is 1.83 bits per heavy atom. The number of imidazole rings is 1. The molecule has 0 aliphatic rings. The summed E-state index contributed by atoms with van der Waals surface area (Å²) in [6.45, 7) is 4.12. The monoisotopic (exact) mass is 342 g/mol. The van der Waals surface area contributed by atoms with E-state index in [-0.39, 0.29) is 18.0 Å². The maximum absolute atomic E-state index is 12.4. The summed E-state index contributed by atoms with van der Waals surface area (Å²) in [5.74, 6) is 0.233. The van der Waals surface area contributed by atoms with Gasteiger partial charge in [-0.25, -0.2) is 19.9 Å². The van der Waals surface area contributed by atoms with Crippen LogP contribution in [-0.2, 0) is 0 Å². The third-order valence-corrected chi connectivity index (χ3v) is 4.11. The van der Waals surface area contributed by atoms with E-state index in [1.54, 1.807) is 11.0 Å². The van der Waals surface area contributed by atoms with Crippen LogP contribution >= 0.6 is 11.6 Å². The zero-order valence-corrected chi connectivity index (χ0v) is 14.3. The maximum Gasteiger partial charge on any atom is 0.334 e. The third kappa shape index (κ3) is 3.51. The van der Waals surface area contributed by atoms with Gasteiger partial charge in [0.2, 0.25) is 0 Å². The number of hydrogen-bond donors (Lipinski definition) is 2. The van der Waals surface area contributed by atoms with Gasteiger partial charge in [-0.1, -0.05) is 49.7 Å². The number of carbonyl (C=O) groups excluding carboxylic acids is 1. The summed E-state index contributed by atoms with van der Waals surface area (Å²) in [6, 6.07) is 14.7. The summed E-state index contributed by atoms with van der Waals surface area (Å²) in [5.41, 5.74) is 5.50. The van der Waals surface area contributed by atoms with Crippen LogP contribution in [0.25, 0.3) is 11.0 Å². The number of amides is 2. The minimum atomic E-state index is -0.285. The molecule has 0 saturated carbocycles. The number of aromatic nitrogens is 2. The first-order valence-corrected chi connectivity index (χ1v) is 8.17. The van der Waals surface area contributed by atoms with Crippen LogP contribution in [-0.4, -0.2) is 15.7 Å². The van der Waals surface area contributed by atoms with Crippen molar-refractivity contribution in [3.63, 3.8) is 0 Å². The van der Waals surface area contributed by atoms with Crippen molar-refractivity contribution in [2.75, 3.05) is 5.43 Å². The quantitative estimate of drug-likeness (QED) is 0.741. The van der Waals surface area contributed by atoms with Crippen LogP contribution in [0.1, 0.15) is 25.5 Å². The zero-order chi connectivity index (χ0) is 17.1. The van der Waals surface area contributed by atoms with E-state index in [4.69, 9.17) is 11.6 Å². The summed E-state index contributed by atoms with van der Waals surface area (Å²) in [5, 5.41) is 3.69. The Morgan fingerprint density at radius 3 is 2.54 bits per heavy atom. The molecule has 24 heavy (non-hydrogen) atoms. The van der Waals surface area contributed by atoms with Crippen molar-refractivity contribution < 1.29 is 4.79 Å². The molecule has 1 heterocycles. The number of fused-ring (bicyclic) bond motifs is 1. The molecule has 2 N–H and O–H groups in total. The highest BCUT2D eigenvalue weighted by Gasteiger charge is 2.18. The van der Waals surface area contributed by atoms with E-state index in [0.29, 0.717) is 5.02 Å². The first kappa shape index (κ1) is 16.3. The number of rotatable bonds is 4. The lowest BCUT2D eigenvalue weighted by atomic mass is 9.96. The fourth-order valence-electron chi connectivity index (χ4n) is 2.64. The Hall–Kier alpha value is -2.53. The summed E-state index contributed by atoms with van der Waals surface area (Å²) < 4.78 is 1.61. The Kier molecular flexibility index (Phi) is 4.71. The molecule has 6 heteroatoms. The van der Waals surface area contributed by atoms with Gasteiger partial charge in [0.05, 0.1) is 17.1 Å². The highest BCUT2D eigenvalue weighted by atomic mass is 35.5. The molecule has 0 fully saturated rings. The minimum absolute atomic E-state index is 0.114. The molecule has 1 atom stereocenters. The molecule has 2 aromatic carbocycles. The van der Waals surface area contributed by atoms with Gasteiger partial charge in [0.15, 0.2) is 0 Å². The second-order valence-electron chi connectivity index (χ2n) is 5.96. The van der Waals surface area contributed by atoms with E-state index in [1.165, 1.54) is 0 Å². The molecular weight excluding hydrogens is 324 g/mol. The molecule has 124 valence electrons. The molecule has 0 aliphatic heterocycles. The lowest BCUT2D eigenvalue weighted by Gasteiger charge is -2.23. The maximum atomic E-state index is 12.4. The SMILES string of the molecule is CC(C)C(NC(=O)Nn1cnc2ccccc21)c1ccc(Cl)cc1. The summed E-state index contributed by atoms with van der Waals surface area (Å²) in [7, 11) is 0. The molecule has 1 aromatic heterocycles. The van der Waals surface area contributed by atoms with E-state index in [9.17, 15) is 4.79 Å². The van der Waals surface area contributed by atoms with Crippen LogP contribution < -0.4 is 10.7 Å². The van der Waals surface area contributed by atoms with E-state index in [0.717, 1.165) is 16.6 Å². The number of para-hydroxylation sites is 2. The van der Waals surface area contributed by atoms with E-state index < -0.39 is 0 Å². The molecule has 3 aromatic rings. The Bertz CT molecular complexity index is 842. The first-order valence-electron chi connectivity index (χ1n) is 7.79. The van der Waals surface area contributed by atoms with Crippen molar-refractivity contribution in [2.24, 2.45) is 5.92 Å². The number of carbonyl (C=O) groups is 1. The van der Waals surface area contributed by atoms with Gasteiger partial charge >= 0.3 is 6.03 Å². The van der Waals surface area contributed by atoms with Gasteiger partial charge in [-0.3, -0.25) is 0 Å². The van der Waals surface area contributed by atoms with Crippen molar-refractivity contribution in [3.05, 3.63) is 65.4 Å². The number of urea groups is 1. The second-order valence-corrected chi connectivity index (χ2v) is 6.40. The Morgan fingerprint density at radius 1 is 1.12 bits per heavy atom. The largest absolute Gasteiger partial charge is 0.334 e. The molecule has 1 unspecified atom stereocenters. The number of benzene rings is 2. The third-order valence-electron chi connectivity index (χ3n) is 3.86. The molecule has 0 aliphatic carbocycles. The topological polar surface area (TPSA) is 59.0 Å². The fraction of sp³-hybridized carbons (Fsp3) is 0.222. The van der Waals surface area contributed by atoms with Gasteiger partial charge in [-0.15, -0.1) is 0 Å². The summed E-state index contributed by atoms with van der Waals surface area (Å²) >= 11 is 5.94. The average Bonchev–Trinajstić information content (AvgIpc) is 2.96. The molecule has 3 rings (SSSR count). The highest BCUT2D eigenvalue weighted by molar-refractivity contribution is 6.30. The van der Waals surface area contributed by atoms with Crippen molar-refractivity contribution in [1.82, 2.24) is 15.0 Å². The molecule has 0 bridgehead atoms. The van der Waals surface area contributed by atoms with Crippen molar-refractivity contribution >= 4 is 28.7 Å². The molecule has 0 spiro atoms. The highest BCUT2D eigenvalue weighted by Crippen LogP contribution is 2.23. The van der Waals surface area contributed by atoms with Gasteiger partial charge in [0.1, 0.15) is 6.33 Å². The van der Waals surface area contributed by atoms with Crippen LogP contribution in [0.2, 0.25) is 5.02 Å². The van der Waals surface area contributed by atoms with Gasteiger partial charge in [-0.2, -0.15) is 0 Å². The molecule has 2 amide bonds. The van der Waals surface area contributed by atoms with Crippen LogP contribution in [0.4, 0.5) is 4.79 Å². The van der Waals surface area contributed by atoms with Crippen molar-refractivity contribution in [1.29, 1.82) is 0 Å². The van der Waals surface area contributed by atoms with Gasteiger partial charge in [-0.05, 0) is 35.7 Å². The van der Waals surface area contributed by atoms with Crippen LogP contribution in [0.3, 0.4) is 0 Å². The van der Waals surface area contributed by atoms with Crippen molar-refractivity contribution in [3.8, 4) is 0 Å². The van der Waals surface area contributed by atoms with Gasteiger partial charge in [0.25, 0.3) is 0 Å². The minimum Gasteiger partial charge on any atom is -0.330 e. The van der Waals surface area contributed by atoms with E-state index in [1.807, 2.05) is 48.5 Å². The number of nitrogens with zero attached hydrogens (tertiary/aromatic N) is 2. The summed E-state index contributed by atoms with van der Waals surface area (Å²) in [6.07, 6.45) is 1.59. The zero-order valence-electron chi connectivity index (χ0n) is 13.5. The predicted molar refractivity (Wildman–Crippen MR) is 96.7 cm³/mol. The fourth-order valence-corrected chi connectivity index (χ4v) is 2.76. The molecular formula is C18H19ClN4O. The number of hydrogen-bond acceptors (Lipinski definition) is 2. The number of nitrogens with one attached hydrogen (secondary N) is 2. The van der Waals surface area contributed by atoms with Gasteiger partial charge < -0.3 is 5.32 Å². The molecule has 0 radical (unpaired) electrons. The molecule has 0 saturated heterocycles. The Balaban J connectivity index is 1.75. The molecule has 5 nitrogen and oxygen atoms in total. The standard InChI is InChI=1S/C18H19ClN4O/c1-12(2)17(13-7-9-14(19)10-8-13)21-18(24)22-23-11-20-15-5-3-4-6-16(15)23/h3-12,17H,1-2H3,(H2,21,22,24). The van der Waals surface area contributed by atoms with E-state index >= 15 is 0 Å². The van der Waals surface area contributed by atoms with Crippen LogP contribution in [0.15, 0.2) is 54.9 Å². The lowest BCUT2D eigenvalue weighted by Crippen LogP contribution is -2.38. The predicted octanol–water partition coefficient (Wildman–Crippen LogP) is 4.34.